The fraction of sp³-hybridized carbons (Fsp3) is 0.600. The van der Waals surface area contributed by atoms with Gasteiger partial charge in [0.1, 0.15) is 0 Å². The zero-order valence-corrected chi connectivity index (χ0v) is 13.0. The molecule has 0 fully saturated rings. The molecule has 0 spiro atoms. The van der Waals surface area contributed by atoms with E-state index < -0.39 is 0 Å². The summed E-state index contributed by atoms with van der Waals surface area (Å²) in [6.07, 6.45) is 3.81. The van der Waals surface area contributed by atoms with E-state index in [9.17, 15) is 0 Å². The molecule has 1 atom stereocenters. The topological polar surface area (TPSA) is 12.0 Å². The zero-order chi connectivity index (χ0) is 12.8. The summed E-state index contributed by atoms with van der Waals surface area (Å²) in [5.74, 6) is 0.802. The Morgan fingerprint density at radius 3 is 2.53 bits per heavy atom. The fourth-order valence-electron chi connectivity index (χ4n) is 2.17. The van der Waals surface area contributed by atoms with E-state index in [1.165, 1.54) is 34.9 Å². The van der Waals surface area contributed by atoms with Gasteiger partial charge in [-0.2, -0.15) is 0 Å². The van der Waals surface area contributed by atoms with E-state index in [1.807, 2.05) is 0 Å². The molecule has 17 heavy (non-hydrogen) atoms. The largest absolute Gasteiger partial charge is 0.313 e. The maximum atomic E-state index is 3.56. The van der Waals surface area contributed by atoms with Crippen LogP contribution in [0.15, 0.2) is 22.7 Å². The first-order valence-electron chi connectivity index (χ1n) is 6.48. The second-order valence-electron chi connectivity index (χ2n) is 5.17. The number of halogens is 1. The van der Waals surface area contributed by atoms with E-state index in [0.717, 1.165) is 5.92 Å². The summed E-state index contributed by atoms with van der Waals surface area (Å²) in [5, 5.41) is 3.44. The van der Waals surface area contributed by atoms with Crippen molar-refractivity contribution in [3.8, 4) is 0 Å². The minimum Gasteiger partial charge on any atom is -0.313 e. The molecule has 1 nitrogen and oxygen atoms in total. The average molecular weight is 298 g/mol. The molecule has 0 bridgehead atoms. The fourth-order valence-corrected chi connectivity index (χ4v) is 2.55. The maximum absolute atomic E-state index is 3.56. The Hall–Kier alpha value is -0.340. The molecule has 1 rings (SSSR count). The molecule has 1 N–H and O–H groups in total. The number of hydrogen-bond acceptors (Lipinski definition) is 1. The molecule has 0 saturated heterocycles. The number of hydrogen-bond donors (Lipinski definition) is 1. The van der Waals surface area contributed by atoms with Crippen LogP contribution in [0.25, 0.3) is 0 Å². The van der Waals surface area contributed by atoms with E-state index >= 15 is 0 Å². The minimum atomic E-state index is 0.478. The Balaban J connectivity index is 2.68. The molecular weight excluding hydrogens is 274 g/mol. The standard InChI is InChI=1S/C15H24BrN/c1-11(2)6-5-7-15(17-4)14-10-13(16)9-8-12(14)3/h8-11,15,17H,5-7H2,1-4H3. The monoisotopic (exact) mass is 297 g/mol. The Labute approximate surface area is 114 Å². The molecule has 1 aromatic carbocycles. The lowest BCUT2D eigenvalue weighted by Crippen LogP contribution is -2.17. The van der Waals surface area contributed by atoms with Gasteiger partial charge in [0, 0.05) is 10.5 Å². The number of nitrogens with one attached hydrogen (secondary N) is 1. The van der Waals surface area contributed by atoms with Gasteiger partial charge in [0.15, 0.2) is 0 Å². The van der Waals surface area contributed by atoms with Crippen LogP contribution in [0.2, 0.25) is 0 Å². The SMILES string of the molecule is CNC(CCCC(C)C)c1cc(Br)ccc1C. The average Bonchev–Trinajstić information content (AvgIpc) is 2.28. The Morgan fingerprint density at radius 2 is 1.94 bits per heavy atom. The van der Waals surface area contributed by atoms with Crippen molar-refractivity contribution in [2.75, 3.05) is 7.05 Å². The van der Waals surface area contributed by atoms with Crippen molar-refractivity contribution >= 4 is 15.9 Å². The first kappa shape index (κ1) is 14.7. The highest BCUT2D eigenvalue weighted by Gasteiger charge is 2.12. The summed E-state index contributed by atoms with van der Waals surface area (Å²) in [6, 6.07) is 7.02. The van der Waals surface area contributed by atoms with Crippen molar-refractivity contribution in [2.45, 2.75) is 46.1 Å². The van der Waals surface area contributed by atoms with Gasteiger partial charge >= 0.3 is 0 Å². The smallest absolute Gasteiger partial charge is 0.0320 e. The van der Waals surface area contributed by atoms with E-state index in [-0.39, 0.29) is 0 Å². The van der Waals surface area contributed by atoms with Crippen LogP contribution in [-0.4, -0.2) is 7.05 Å². The van der Waals surface area contributed by atoms with Crippen LogP contribution in [-0.2, 0) is 0 Å². The van der Waals surface area contributed by atoms with Crippen molar-refractivity contribution in [1.29, 1.82) is 0 Å². The summed E-state index contributed by atoms with van der Waals surface area (Å²) in [7, 11) is 2.06. The predicted octanol–water partition coefficient (Wildman–Crippen LogP) is 4.84. The summed E-state index contributed by atoms with van der Waals surface area (Å²) in [4.78, 5) is 0. The van der Waals surface area contributed by atoms with Crippen LogP contribution < -0.4 is 5.32 Å². The van der Waals surface area contributed by atoms with E-state index in [4.69, 9.17) is 0 Å². The highest BCUT2D eigenvalue weighted by Crippen LogP contribution is 2.26. The Morgan fingerprint density at radius 1 is 1.24 bits per heavy atom. The van der Waals surface area contributed by atoms with Gasteiger partial charge in [-0.05, 0) is 49.6 Å². The van der Waals surface area contributed by atoms with E-state index in [2.05, 4.69) is 67.3 Å². The van der Waals surface area contributed by atoms with Crippen molar-refractivity contribution in [3.63, 3.8) is 0 Å². The third kappa shape index (κ3) is 4.81. The van der Waals surface area contributed by atoms with Crippen molar-refractivity contribution in [3.05, 3.63) is 33.8 Å². The van der Waals surface area contributed by atoms with Crippen LogP contribution in [0.1, 0.15) is 50.3 Å². The lowest BCUT2D eigenvalue weighted by atomic mass is 9.95. The lowest BCUT2D eigenvalue weighted by Gasteiger charge is -2.19. The van der Waals surface area contributed by atoms with Crippen LogP contribution in [0.5, 0.6) is 0 Å². The van der Waals surface area contributed by atoms with Gasteiger partial charge in [-0.3, -0.25) is 0 Å². The highest BCUT2D eigenvalue weighted by atomic mass is 79.9. The van der Waals surface area contributed by atoms with Gasteiger partial charge in [-0.25, -0.2) is 0 Å². The molecule has 1 aromatic rings. The molecule has 0 radical (unpaired) electrons. The van der Waals surface area contributed by atoms with Gasteiger partial charge in [0.2, 0.25) is 0 Å². The highest BCUT2D eigenvalue weighted by molar-refractivity contribution is 9.10. The predicted molar refractivity (Wildman–Crippen MR) is 79.4 cm³/mol. The molecule has 0 saturated carbocycles. The number of rotatable bonds is 6. The van der Waals surface area contributed by atoms with Crippen LogP contribution in [0.3, 0.4) is 0 Å². The molecule has 0 aliphatic rings. The molecule has 0 aliphatic heterocycles. The van der Waals surface area contributed by atoms with Gasteiger partial charge < -0.3 is 5.32 Å². The van der Waals surface area contributed by atoms with Crippen LogP contribution in [0.4, 0.5) is 0 Å². The molecule has 2 heteroatoms. The third-order valence-electron chi connectivity index (χ3n) is 3.24. The lowest BCUT2D eigenvalue weighted by molar-refractivity contribution is 0.469. The first-order chi connectivity index (χ1) is 8.04. The molecule has 1 unspecified atom stereocenters. The van der Waals surface area contributed by atoms with E-state index in [1.54, 1.807) is 0 Å². The first-order valence-corrected chi connectivity index (χ1v) is 7.27. The molecule has 96 valence electrons. The summed E-state index contributed by atoms with van der Waals surface area (Å²) >= 11 is 3.56. The normalized spacial score (nSPS) is 13.1. The molecule has 0 aromatic heterocycles. The second-order valence-corrected chi connectivity index (χ2v) is 6.08. The van der Waals surface area contributed by atoms with Gasteiger partial charge in [0.05, 0.1) is 0 Å². The van der Waals surface area contributed by atoms with Gasteiger partial charge in [-0.15, -0.1) is 0 Å². The minimum absolute atomic E-state index is 0.478. The summed E-state index contributed by atoms with van der Waals surface area (Å²) in [5.41, 5.74) is 2.79. The number of aryl methyl sites for hydroxylation is 1. The number of benzene rings is 1. The van der Waals surface area contributed by atoms with Crippen molar-refractivity contribution in [2.24, 2.45) is 5.92 Å². The second kappa shape index (κ2) is 7.17. The Kier molecular flexibility index (Phi) is 6.21. The zero-order valence-electron chi connectivity index (χ0n) is 11.4. The van der Waals surface area contributed by atoms with Crippen molar-refractivity contribution in [1.82, 2.24) is 5.32 Å². The molecule has 0 heterocycles. The molecule has 0 aliphatic carbocycles. The van der Waals surface area contributed by atoms with Crippen LogP contribution in [0, 0.1) is 12.8 Å². The quantitative estimate of drug-likeness (QED) is 0.792. The van der Waals surface area contributed by atoms with Crippen molar-refractivity contribution < 1.29 is 0 Å². The summed E-state index contributed by atoms with van der Waals surface area (Å²) < 4.78 is 1.17. The Bertz CT molecular complexity index is 347. The van der Waals surface area contributed by atoms with E-state index in [0.29, 0.717) is 6.04 Å². The maximum Gasteiger partial charge on any atom is 0.0320 e. The molecular formula is C15H24BrN. The summed E-state index contributed by atoms with van der Waals surface area (Å²) in [6.45, 7) is 6.77. The van der Waals surface area contributed by atoms with Crippen LogP contribution >= 0.6 is 15.9 Å². The van der Waals surface area contributed by atoms with Gasteiger partial charge in [-0.1, -0.05) is 48.7 Å². The molecule has 0 amide bonds. The third-order valence-corrected chi connectivity index (χ3v) is 3.73. The van der Waals surface area contributed by atoms with Gasteiger partial charge in [0.25, 0.3) is 0 Å².